The van der Waals surface area contributed by atoms with Crippen molar-refractivity contribution in [1.29, 1.82) is 0 Å². The Kier molecular flexibility index (Phi) is 2.97. The van der Waals surface area contributed by atoms with Gasteiger partial charge in [0.25, 0.3) is 0 Å². The highest BCUT2D eigenvalue weighted by molar-refractivity contribution is 9.10. The van der Waals surface area contributed by atoms with Crippen LogP contribution in [0.3, 0.4) is 0 Å². The van der Waals surface area contributed by atoms with E-state index >= 15 is 0 Å². The SMILES string of the molecule is Cc1sc(C(C)(C)CO)cc1Br. The fourth-order valence-electron chi connectivity index (χ4n) is 0.871. The number of aliphatic hydroxyl groups excluding tert-OH is 1. The predicted octanol–water partition coefficient (Wildman–Crippen LogP) is 3.09. The molecule has 0 aliphatic rings. The van der Waals surface area contributed by atoms with Crippen LogP contribution in [-0.4, -0.2) is 11.7 Å². The van der Waals surface area contributed by atoms with Crippen molar-refractivity contribution in [2.45, 2.75) is 26.2 Å². The van der Waals surface area contributed by atoms with E-state index in [-0.39, 0.29) is 12.0 Å². The molecule has 0 radical (unpaired) electrons. The van der Waals surface area contributed by atoms with Crippen molar-refractivity contribution < 1.29 is 5.11 Å². The standard InChI is InChI=1S/C9H13BrOS/c1-6-7(10)4-8(12-6)9(2,3)5-11/h4,11H,5H2,1-3H3. The molecule has 0 unspecified atom stereocenters. The van der Waals surface area contributed by atoms with E-state index in [2.05, 4.69) is 28.9 Å². The number of hydrogen-bond donors (Lipinski definition) is 1. The molecule has 12 heavy (non-hydrogen) atoms. The third-order valence-corrected chi connectivity index (χ3v) is 4.42. The van der Waals surface area contributed by atoms with Gasteiger partial charge < -0.3 is 5.11 Å². The fourth-order valence-corrected chi connectivity index (χ4v) is 2.50. The minimum absolute atomic E-state index is 0.110. The smallest absolute Gasteiger partial charge is 0.0530 e. The second kappa shape index (κ2) is 3.48. The van der Waals surface area contributed by atoms with Crippen LogP contribution in [0.5, 0.6) is 0 Å². The van der Waals surface area contributed by atoms with Crippen molar-refractivity contribution in [2.75, 3.05) is 6.61 Å². The predicted molar refractivity (Wildman–Crippen MR) is 56.9 cm³/mol. The molecule has 68 valence electrons. The minimum Gasteiger partial charge on any atom is -0.395 e. The van der Waals surface area contributed by atoms with Crippen molar-refractivity contribution in [2.24, 2.45) is 0 Å². The summed E-state index contributed by atoms with van der Waals surface area (Å²) in [4.78, 5) is 2.50. The van der Waals surface area contributed by atoms with Crippen LogP contribution in [0.4, 0.5) is 0 Å². The van der Waals surface area contributed by atoms with Crippen molar-refractivity contribution in [3.8, 4) is 0 Å². The van der Waals surface area contributed by atoms with Crippen LogP contribution >= 0.6 is 27.3 Å². The molecular formula is C9H13BrOS. The largest absolute Gasteiger partial charge is 0.395 e. The Bertz CT molecular complexity index is 259. The molecular weight excluding hydrogens is 236 g/mol. The number of halogens is 1. The van der Waals surface area contributed by atoms with E-state index in [9.17, 15) is 0 Å². The highest BCUT2D eigenvalue weighted by atomic mass is 79.9. The van der Waals surface area contributed by atoms with Crippen LogP contribution < -0.4 is 0 Å². The van der Waals surface area contributed by atoms with E-state index in [1.165, 1.54) is 9.75 Å². The first-order chi connectivity index (χ1) is 5.47. The molecule has 0 aliphatic heterocycles. The first-order valence-electron chi connectivity index (χ1n) is 3.84. The van der Waals surface area contributed by atoms with Gasteiger partial charge >= 0.3 is 0 Å². The molecule has 0 spiro atoms. The molecule has 0 amide bonds. The molecule has 0 aliphatic carbocycles. The molecule has 0 aromatic carbocycles. The zero-order valence-corrected chi connectivity index (χ0v) is 9.92. The average Bonchev–Trinajstić information content (AvgIpc) is 2.33. The zero-order chi connectivity index (χ0) is 9.35. The number of hydrogen-bond acceptors (Lipinski definition) is 2. The summed E-state index contributed by atoms with van der Waals surface area (Å²) in [5.74, 6) is 0. The maximum Gasteiger partial charge on any atom is 0.0530 e. The lowest BCUT2D eigenvalue weighted by atomic mass is 9.93. The fraction of sp³-hybridized carbons (Fsp3) is 0.556. The van der Waals surface area contributed by atoms with Gasteiger partial charge in [-0.1, -0.05) is 13.8 Å². The molecule has 0 saturated carbocycles. The van der Waals surface area contributed by atoms with Gasteiger partial charge in [-0.05, 0) is 28.9 Å². The minimum atomic E-state index is -0.110. The Morgan fingerprint density at radius 2 is 2.17 bits per heavy atom. The normalized spacial score (nSPS) is 12.1. The van der Waals surface area contributed by atoms with E-state index in [4.69, 9.17) is 5.11 Å². The first kappa shape index (κ1) is 10.2. The van der Waals surface area contributed by atoms with Gasteiger partial charge in [0.05, 0.1) is 6.61 Å². The van der Waals surface area contributed by atoms with Crippen molar-refractivity contribution >= 4 is 27.3 Å². The molecule has 0 atom stereocenters. The van der Waals surface area contributed by atoms with Crippen LogP contribution in [0, 0.1) is 6.92 Å². The molecule has 1 nitrogen and oxygen atoms in total. The van der Waals surface area contributed by atoms with E-state index in [1.807, 2.05) is 13.8 Å². The summed E-state index contributed by atoms with van der Waals surface area (Å²) in [5.41, 5.74) is -0.110. The maximum absolute atomic E-state index is 9.14. The first-order valence-corrected chi connectivity index (χ1v) is 5.45. The molecule has 1 aromatic heterocycles. The summed E-state index contributed by atoms with van der Waals surface area (Å²) >= 11 is 5.21. The lowest BCUT2D eigenvalue weighted by Crippen LogP contribution is -2.20. The monoisotopic (exact) mass is 248 g/mol. The molecule has 0 bridgehead atoms. The van der Waals surface area contributed by atoms with E-state index in [0.717, 1.165) is 4.47 Å². The van der Waals surface area contributed by atoms with Gasteiger partial charge in [-0.2, -0.15) is 0 Å². The van der Waals surface area contributed by atoms with Crippen LogP contribution in [0.2, 0.25) is 0 Å². The van der Waals surface area contributed by atoms with Crippen LogP contribution in [0.1, 0.15) is 23.6 Å². The Morgan fingerprint density at radius 1 is 1.58 bits per heavy atom. The molecule has 3 heteroatoms. The lowest BCUT2D eigenvalue weighted by molar-refractivity contribution is 0.221. The van der Waals surface area contributed by atoms with Crippen molar-refractivity contribution in [3.63, 3.8) is 0 Å². The van der Waals surface area contributed by atoms with Gasteiger partial charge in [0, 0.05) is 19.6 Å². The highest BCUT2D eigenvalue weighted by Crippen LogP contribution is 2.34. The van der Waals surface area contributed by atoms with Crippen LogP contribution in [-0.2, 0) is 5.41 Å². The molecule has 1 rings (SSSR count). The van der Waals surface area contributed by atoms with Gasteiger partial charge in [0.15, 0.2) is 0 Å². The molecule has 1 N–H and O–H groups in total. The number of rotatable bonds is 2. The number of aryl methyl sites for hydroxylation is 1. The topological polar surface area (TPSA) is 20.2 Å². The van der Waals surface area contributed by atoms with Gasteiger partial charge in [-0.25, -0.2) is 0 Å². The number of aliphatic hydroxyl groups is 1. The third-order valence-electron chi connectivity index (χ3n) is 1.92. The highest BCUT2D eigenvalue weighted by Gasteiger charge is 2.22. The van der Waals surface area contributed by atoms with Gasteiger partial charge in [-0.3, -0.25) is 0 Å². The van der Waals surface area contributed by atoms with E-state index in [1.54, 1.807) is 11.3 Å². The number of thiophene rings is 1. The van der Waals surface area contributed by atoms with Crippen LogP contribution in [0.25, 0.3) is 0 Å². The second-order valence-electron chi connectivity index (χ2n) is 3.56. The van der Waals surface area contributed by atoms with Gasteiger partial charge in [0.2, 0.25) is 0 Å². The maximum atomic E-state index is 9.14. The summed E-state index contributed by atoms with van der Waals surface area (Å²) in [6.07, 6.45) is 0. The van der Waals surface area contributed by atoms with Crippen molar-refractivity contribution in [3.05, 3.63) is 20.3 Å². The van der Waals surface area contributed by atoms with Gasteiger partial charge in [0.1, 0.15) is 0 Å². The Morgan fingerprint density at radius 3 is 2.50 bits per heavy atom. The zero-order valence-electron chi connectivity index (χ0n) is 7.52. The lowest BCUT2D eigenvalue weighted by Gasteiger charge is -2.19. The summed E-state index contributed by atoms with van der Waals surface area (Å²) in [6.45, 7) is 6.36. The van der Waals surface area contributed by atoms with Crippen molar-refractivity contribution in [1.82, 2.24) is 0 Å². The third kappa shape index (κ3) is 1.90. The molecule has 1 heterocycles. The van der Waals surface area contributed by atoms with E-state index < -0.39 is 0 Å². The molecule has 0 fully saturated rings. The summed E-state index contributed by atoms with van der Waals surface area (Å²) < 4.78 is 1.14. The Balaban J connectivity index is 3.04. The van der Waals surface area contributed by atoms with Crippen LogP contribution in [0.15, 0.2) is 10.5 Å². The summed E-state index contributed by atoms with van der Waals surface area (Å²) in [5, 5.41) is 9.14. The Hall–Kier alpha value is 0.140. The molecule has 0 saturated heterocycles. The molecule has 1 aromatic rings. The summed E-state index contributed by atoms with van der Waals surface area (Å²) in [7, 11) is 0. The summed E-state index contributed by atoms with van der Waals surface area (Å²) in [6, 6.07) is 2.09. The van der Waals surface area contributed by atoms with E-state index in [0.29, 0.717) is 0 Å². The second-order valence-corrected chi connectivity index (χ2v) is 5.67. The average molecular weight is 249 g/mol. The van der Waals surface area contributed by atoms with Gasteiger partial charge in [-0.15, -0.1) is 11.3 Å². The quantitative estimate of drug-likeness (QED) is 0.853. The Labute approximate surface area is 85.6 Å².